The SMILES string of the molecule is CCC(c1ccccc1)C1CCCN1C(=O)C(C)NC(=O)c1ccc(Br)s1. The summed E-state index contributed by atoms with van der Waals surface area (Å²) in [5, 5.41) is 2.86. The molecule has 0 aliphatic carbocycles. The molecule has 27 heavy (non-hydrogen) atoms. The summed E-state index contributed by atoms with van der Waals surface area (Å²) < 4.78 is 0.903. The van der Waals surface area contributed by atoms with Crippen molar-refractivity contribution in [2.75, 3.05) is 6.54 Å². The standard InChI is InChI=1S/C21H25BrN2O2S/c1-3-16(15-8-5-4-6-9-15)17-10-7-13-24(17)21(26)14(2)23-20(25)18-11-12-19(22)27-18/h4-6,8-9,11-12,14,16-17H,3,7,10,13H2,1-2H3,(H,23,25). The van der Waals surface area contributed by atoms with E-state index in [1.54, 1.807) is 13.0 Å². The van der Waals surface area contributed by atoms with Crippen LogP contribution in [0, 0.1) is 0 Å². The number of benzene rings is 1. The normalized spacial score (nSPS) is 18.9. The van der Waals surface area contributed by atoms with Crippen LogP contribution < -0.4 is 5.32 Å². The Morgan fingerprint density at radius 3 is 2.63 bits per heavy atom. The van der Waals surface area contributed by atoms with E-state index >= 15 is 0 Å². The Kier molecular flexibility index (Phi) is 6.71. The van der Waals surface area contributed by atoms with Gasteiger partial charge in [-0.3, -0.25) is 9.59 Å². The highest BCUT2D eigenvalue weighted by Gasteiger charge is 2.36. The molecule has 1 aliphatic heterocycles. The van der Waals surface area contributed by atoms with Gasteiger partial charge in [0.05, 0.1) is 8.66 Å². The summed E-state index contributed by atoms with van der Waals surface area (Å²) in [7, 11) is 0. The van der Waals surface area contributed by atoms with E-state index < -0.39 is 6.04 Å². The Labute approximate surface area is 173 Å². The first-order valence-electron chi connectivity index (χ1n) is 9.43. The minimum Gasteiger partial charge on any atom is -0.340 e. The number of nitrogens with one attached hydrogen (secondary N) is 1. The molecular weight excluding hydrogens is 424 g/mol. The number of rotatable bonds is 6. The number of amides is 2. The van der Waals surface area contributed by atoms with E-state index in [1.807, 2.05) is 17.0 Å². The molecule has 1 aromatic carbocycles. The second kappa shape index (κ2) is 9.02. The zero-order chi connectivity index (χ0) is 19.4. The lowest BCUT2D eigenvalue weighted by Crippen LogP contribution is -2.49. The summed E-state index contributed by atoms with van der Waals surface area (Å²) in [6, 6.07) is 13.7. The lowest BCUT2D eigenvalue weighted by molar-refractivity contribution is -0.134. The molecule has 2 amide bonds. The number of carbonyl (C=O) groups is 2. The summed E-state index contributed by atoms with van der Waals surface area (Å²) in [6.45, 7) is 4.72. The van der Waals surface area contributed by atoms with Crippen molar-refractivity contribution >= 4 is 39.1 Å². The van der Waals surface area contributed by atoms with Crippen LogP contribution in [0.25, 0.3) is 0 Å². The third-order valence-electron chi connectivity index (χ3n) is 5.23. The topological polar surface area (TPSA) is 49.4 Å². The third-order valence-corrected chi connectivity index (χ3v) is 6.85. The predicted octanol–water partition coefficient (Wildman–Crippen LogP) is 4.81. The molecule has 144 valence electrons. The van der Waals surface area contributed by atoms with Gasteiger partial charge in [0.15, 0.2) is 0 Å². The summed E-state index contributed by atoms with van der Waals surface area (Å²) >= 11 is 4.73. The van der Waals surface area contributed by atoms with Crippen molar-refractivity contribution < 1.29 is 9.59 Å². The molecule has 1 N–H and O–H groups in total. The lowest BCUT2D eigenvalue weighted by Gasteiger charge is -2.33. The molecule has 0 bridgehead atoms. The molecule has 1 fully saturated rings. The van der Waals surface area contributed by atoms with Crippen LogP contribution in [-0.4, -0.2) is 35.3 Å². The van der Waals surface area contributed by atoms with Gasteiger partial charge in [0, 0.05) is 18.5 Å². The summed E-state index contributed by atoms with van der Waals surface area (Å²) in [4.78, 5) is 28.1. The van der Waals surface area contributed by atoms with Gasteiger partial charge in [0.2, 0.25) is 5.91 Å². The molecule has 1 aliphatic rings. The van der Waals surface area contributed by atoms with Crippen LogP contribution >= 0.6 is 27.3 Å². The highest BCUT2D eigenvalue weighted by molar-refractivity contribution is 9.11. The fraction of sp³-hybridized carbons (Fsp3) is 0.429. The Morgan fingerprint density at radius 1 is 1.26 bits per heavy atom. The van der Waals surface area contributed by atoms with Crippen LogP contribution in [0.15, 0.2) is 46.3 Å². The van der Waals surface area contributed by atoms with E-state index in [-0.39, 0.29) is 17.9 Å². The van der Waals surface area contributed by atoms with E-state index in [4.69, 9.17) is 0 Å². The molecule has 0 spiro atoms. The molecule has 4 nitrogen and oxygen atoms in total. The Hall–Kier alpha value is -1.66. The van der Waals surface area contributed by atoms with Crippen LogP contribution in [-0.2, 0) is 4.79 Å². The van der Waals surface area contributed by atoms with Crippen LogP contribution in [0.3, 0.4) is 0 Å². The van der Waals surface area contributed by atoms with Crippen molar-refractivity contribution in [3.05, 3.63) is 56.7 Å². The van der Waals surface area contributed by atoms with E-state index in [0.717, 1.165) is 29.6 Å². The number of hydrogen-bond acceptors (Lipinski definition) is 3. The molecule has 6 heteroatoms. The number of thiophene rings is 1. The van der Waals surface area contributed by atoms with Crippen LogP contribution in [0.2, 0.25) is 0 Å². The zero-order valence-electron chi connectivity index (χ0n) is 15.7. The van der Waals surface area contributed by atoms with Crippen molar-refractivity contribution in [1.82, 2.24) is 10.2 Å². The Balaban J connectivity index is 1.70. The minimum absolute atomic E-state index is 0.0100. The van der Waals surface area contributed by atoms with Crippen molar-refractivity contribution in [2.24, 2.45) is 0 Å². The number of carbonyl (C=O) groups excluding carboxylic acids is 2. The summed E-state index contributed by atoms with van der Waals surface area (Å²) in [6.07, 6.45) is 3.01. The first-order valence-corrected chi connectivity index (χ1v) is 11.0. The lowest BCUT2D eigenvalue weighted by atomic mass is 9.87. The smallest absolute Gasteiger partial charge is 0.262 e. The molecule has 2 aromatic rings. The molecule has 0 saturated carbocycles. The minimum atomic E-state index is -0.535. The van der Waals surface area contributed by atoms with Crippen LogP contribution in [0.5, 0.6) is 0 Å². The maximum atomic E-state index is 13.1. The maximum absolute atomic E-state index is 13.1. The average Bonchev–Trinajstić information content (AvgIpc) is 3.32. The molecule has 3 rings (SSSR count). The van der Waals surface area contributed by atoms with Crippen LogP contribution in [0.4, 0.5) is 0 Å². The fourth-order valence-electron chi connectivity index (χ4n) is 3.93. The molecule has 1 aromatic heterocycles. The largest absolute Gasteiger partial charge is 0.340 e. The predicted molar refractivity (Wildman–Crippen MR) is 113 cm³/mol. The molecular formula is C21H25BrN2O2S. The van der Waals surface area contributed by atoms with Gasteiger partial charge < -0.3 is 10.2 Å². The van der Waals surface area contributed by atoms with Gasteiger partial charge in [-0.15, -0.1) is 11.3 Å². The van der Waals surface area contributed by atoms with Gasteiger partial charge in [-0.05, 0) is 59.8 Å². The van der Waals surface area contributed by atoms with Gasteiger partial charge in [0.1, 0.15) is 6.04 Å². The highest BCUT2D eigenvalue weighted by atomic mass is 79.9. The molecule has 3 atom stereocenters. The van der Waals surface area contributed by atoms with Crippen molar-refractivity contribution in [3.63, 3.8) is 0 Å². The van der Waals surface area contributed by atoms with Gasteiger partial charge >= 0.3 is 0 Å². The average molecular weight is 449 g/mol. The van der Waals surface area contributed by atoms with Crippen molar-refractivity contribution in [3.8, 4) is 0 Å². The van der Waals surface area contributed by atoms with Crippen molar-refractivity contribution in [2.45, 2.75) is 51.1 Å². The molecule has 0 radical (unpaired) electrons. The Morgan fingerprint density at radius 2 is 2.00 bits per heavy atom. The second-order valence-corrected chi connectivity index (χ2v) is 9.43. The first kappa shape index (κ1) is 20.1. The third kappa shape index (κ3) is 4.61. The maximum Gasteiger partial charge on any atom is 0.262 e. The molecule has 1 saturated heterocycles. The Bertz CT molecular complexity index is 792. The zero-order valence-corrected chi connectivity index (χ0v) is 18.1. The summed E-state index contributed by atoms with van der Waals surface area (Å²) in [5.41, 5.74) is 1.28. The molecule has 2 heterocycles. The first-order chi connectivity index (χ1) is 13.0. The van der Waals surface area contributed by atoms with Crippen LogP contribution in [0.1, 0.15) is 54.3 Å². The van der Waals surface area contributed by atoms with Gasteiger partial charge in [-0.25, -0.2) is 0 Å². The number of likely N-dealkylation sites (tertiary alicyclic amines) is 1. The number of halogens is 1. The quantitative estimate of drug-likeness (QED) is 0.688. The number of hydrogen-bond donors (Lipinski definition) is 1. The number of nitrogens with zero attached hydrogens (tertiary/aromatic N) is 1. The van der Waals surface area contributed by atoms with E-state index in [0.29, 0.717) is 10.8 Å². The van der Waals surface area contributed by atoms with Gasteiger partial charge in [-0.1, -0.05) is 37.3 Å². The molecule has 3 unspecified atom stereocenters. The van der Waals surface area contributed by atoms with Gasteiger partial charge in [-0.2, -0.15) is 0 Å². The van der Waals surface area contributed by atoms with Gasteiger partial charge in [0.25, 0.3) is 5.91 Å². The van der Waals surface area contributed by atoms with Crippen molar-refractivity contribution in [1.29, 1.82) is 0 Å². The van der Waals surface area contributed by atoms with E-state index in [1.165, 1.54) is 16.9 Å². The fourth-order valence-corrected chi connectivity index (χ4v) is 5.22. The summed E-state index contributed by atoms with van der Waals surface area (Å²) in [5.74, 6) is 0.141. The monoisotopic (exact) mass is 448 g/mol. The van der Waals surface area contributed by atoms with E-state index in [9.17, 15) is 9.59 Å². The van der Waals surface area contributed by atoms with E-state index in [2.05, 4.69) is 52.4 Å². The highest BCUT2D eigenvalue weighted by Crippen LogP contribution is 2.34. The second-order valence-electron chi connectivity index (χ2n) is 6.97.